The van der Waals surface area contributed by atoms with Gasteiger partial charge in [0.05, 0.1) is 26.4 Å². The number of aliphatic hydroxyl groups is 1. The molecule has 2 unspecified atom stereocenters. The summed E-state index contributed by atoms with van der Waals surface area (Å²) in [5.74, 6) is -2.38. The number of esters is 4. The van der Waals surface area contributed by atoms with E-state index in [1.54, 1.807) is 20.8 Å². The molecule has 0 radical (unpaired) electrons. The highest BCUT2D eigenvalue weighted by Crippen LogP contribution is 2.45. The van der Waals surface area contributed by atoms with E-state index in [-0.39, 0.29) is 25.7 Å². The summed E-state index contributed by atoms with van der Waals surface area (Å²) in [6.45, 7) is 3.28. The topological polar surface area (TPSA) is 237 Å². The Morgan fingerprint density at radius 1 is 0.439 bits per heavy atom. The van der Waals surface area contributed by atoms with E-state index in [0.29, 0.717) is 19.3 Å². The number of carbonyl (C=O) groups is 4. The van der Waals surface area contributed by atoms with Crippen LogP contribution < -0.4 is 0 Å². The first-order valence-electron chi connectivity index (χ1n) is 20.8. The molecule has 0 aromatic carbocycles. The van der Waals surface area contributed by atoms with Crippen molar-refractivity contribution in [3.8, 4) is 0 Å². The van der Waals surface area contributed by atoms with Crippen molar-refractivity contribution in [3.05, 3.63) is 0 Å². The summed E-state index contributed by atoms with van der Waals surface area (Å²) in [5.41, 5.74) is 0. The molecule has 0 amide bonds. The van der Waals surface area contributed by atoms with Gasteiger partial charge < -0.3 is 33.8 Å². The molecule has 57 heavy (non-hydrogen) atoms. The Bertz CT molecular complexity index is 1170. The lowest BCUT2D eigenvalue weighted by atomic mass is 10.0. The van der Waals surface area contributed by atoms with Crippen LogP contribution in [0.5, 0.6) is 0 Å². The summed E-state index contributed by atoms with van der Waals surface area (Å²) in [5, 5.41) is 10.1. The quantitative estimate of drug-likeness (QED) is 0.0231. The lowest BCUT2D eigenvalue weighted by Crippen LogP contribution is -2.30. The average molecular weight is 863 g/mol. The van der Waals surface area contributed by atoms with E-state index in [2.05, 4.69) is 6.92 Å². The summed E-state index contributed by atoms with van der Waals surface area (Å²) in [6, 6.07) is 0. The van der Waals surface area contributed by atoms with Gasteiger partial charge in [-0.05, 0) is 19.3 Å². The Hall–Kier alpha value is -1.94. The highest BCUT2D eigenvalue weighted by Gasteiger charge is 2.30. The molecule has 0 saturated carbocycles. The van der Waals surface area contributed by atoms with Crippen LogP contribution in [0.15, 0.2) is 0 Å². The maximum Gasteiger partial charge on any atom is 0.472 e. The van der Waals surface area contributed by atoms with Crippen LogP contribution in [0.2, 0.25) is 0 Å². The Kier molecular flexibility index (Phi) is 33.7. The molecule has 17 nitrogen and oxygen atoms in total. The zero-order valence-corrected chi connectivity index (χ0v) is 36.6. The second-order valence-corrected chi connectivity index (χ2v) is 16.8. The van der Waals surface area contributed by atoms with Gasteiger partial charge in [-0.1, -0.05) is 118 Å². The molecule has 0 spiro atoms. The van der Waals surface area contributed by atoms with Crippen molar-refractivity contribution in [2.45, 2.75) is 181 Å². The van der Waals surface area contributed by atoms with Gasteiger partial charge in [-0.3, -0.25) is 37.3 Å². The number of unbranched alkanes of at least 4 members (excludes halogenated alkanes) is 14. The maximum atomic E-state index is 12.5. The minimum atomic E-state index is -4.88. The fraction of sp³-hybridized carbons (Fsp3) is 0.895. The molecule has 0 fully saturated rings. The zero-order chi connectivity index (χ0) is 42.8. The highest BCUT2D eigenvalue weighted by atomic mass is 31.2. The SMILES string of the molecule is CCCCCCCCCCCCCCCCCC(=O)O[C@H](COC(=O)CC)COP(=O)(O)OC[C@@H](O)COP(=O)(O)OC[C@@H](COC(=O)CCC)OC(=O)CCC. The minimum Gasteiger partial charge on any atom is -0.462 e. The molecule has 0 saturated heterocycles. The van der Waals surface area contributed by atoms with Gasteiger partial charge in [0.2, 0.25) is 0 Å². The van der Waals surface area contributed by atoms with Crippen LogP contribution in [0.1, 0.15) is 163 Å². The second-order valence-electron chi connectivity index (χ2n) is 13.9. The molecule has 0 aliphatic heterocycles. The zero-order valence-electron chi connectivity index (χ0n) is 34.8. The van der Waals surface area contributed by atoms with Crippen LogP contribution in [-0.2, 0) is 65.4 Å². The summed E-state index contributed by atoms with van der Waals surface area (Å²) < 4.78 is 64.6. The van der Waals surface area contributed by atoms with Gasteiger partial charge in [0, 0.05) is 25.7 Å². The Morgan fingerprint density at radius 2 is 0.789 bits per heavy atom. The summed E-state index contributed by atoms with van der Waals surface area (Å²) in [4.78, 5) is 68.0. The number of carbonyl (C=O) groups excluding carboxylic acids is 4. The molecule has 0 aliphatic carbocycles. The molecule has 0 bridgehead atoms. The third-order valence-electron chi connectivity index (χ3n) is 8.35. The van der Waals surface area contributed by atoms with E-state index in [1.165, 1.54) is 64.2 Å². The fourth-order valence-corrected chi connectivity index (χ4v) is 6.73. The molecule has 19 heteroatoms. The number of hydrogen-bond donors (Lipinski definition) is 3. The standard InChI is InChI=1S/C38H72O17P2/c1-5-9-10-11-12-13-14-15-16-17-18-19-20-21-22-25-38(43)55-33(28-48-35(40)8-4)30-52-56(44,45)50-26-32(39)27-51-57(46,47)53-31-34(54-37(42)24-7-3)29-49-36(41)23-6-2/h32-34,39H,5-31H2,1-4H3,(H,44,45)(H,46,47)/t32-,33-,34-/m1/s1. The number of phosphoric acid groups is 2. The predicted octanol–water partition coefficient (Wildman–Crippen LogP) is 7.80. The summed E-state index contributed by atoms with van der Waals surface area (Å²) in [7, 11) is -9.75. The van der Waals surface area contributed by atoms with Gasteiger partial charge in [0.25, 0.3) is 0 Å². The third-order valence-corrected chi connectivity index (χ3v) is 10.2. The maximum absolute atomic E-state index is 12.5. The van der Waals surface area contributed by atoms with E-state index in [1.807, 2.05) is 0 Å². The Balaban J connectivity index is 4.62. The van der Waals surface area contributed by atoms with Gasteiger partial charge in [0.1, 0.15) is 19.3 Å². The summed E-state index contributed by atoms with van der Waals surface area (Å²) in [6.07, 6.45) is 14.8. The second kappa shape index (κ2) is 34.9. The number of phosphoric ester groups is 2. The molecule has 0 aromatic rings. The van der Waals surface area contributed by atoms with E-state index >= 15 is 0 Å². The van der Waals surface area contributed by atoms with E-state index in [4.69, 9.17) is 37.0 Å². The normalized spacial score (nSPS) is 15.1. The van der Waals surface area contributed by atoms with E-state index < -0.39 is 97.5 Å². The van der Waals surface area contributed by atoms with Crippen molar-refractivity contribution in [1.29, 1.82) is 0 Å². The van der Waals surface area contributed by atoms with Crippen molar-refractivity contribution in [2.75, 3.05) is 39.6 Å². The van der Waals surface area contributed by atoms with E-state index in [9.17, 15) is 43.2 Å². The smallest absolute Gasteiger partial charge is 0.462 e. The molecule has 0 heterocycles. The number of hydrogen-bond acceptors (Lipinski definition) is 15. The first kappa shape index (κ1) is 55.1. The average Bonchev–Trinajstić information content (AvgIpc) is 3.17. The van der Waals surface area contributed by atoms with Crippen LogP contribution in [0.25, 0.3) is 0 Å². The van der Waals surface area contributed by atoms with Gasteiger partial charge >= 0.3 is 39.5 Å². The fourth-order valence-electron chi connectivity index (χ4n) is 5.15. The van der Waals surface area contributed by atoms with Crippen LogP contribution >= 0.6 is 15.6 Å². The van der Waals surface area contributed by atoms with Gasteiger partial charge in [-0.25, -0.2) is 9.13 Å². The largest absolute Gasteiger partial charge is 0.472 e. The molecule has 0 aromatic heterocycles. The van der Waals surface area contributed by atoms with Crippen LogP contribution in [0.3, 0.4) is 0 Å². The van der Waals surface area contributed by atoms with Crippen molar-refractivity contribution in [2.24, 2.45) is 0 Å². The van der Waals surface area contributed by atoms with E-state index in [0.717, 1.165) is 25.7 Å². The number of rotatable bonds is 39. The molecular weight excluding hydrogens is 790 g/mol. The van der Waals surface area contributed by atoms with Crippen molar-refractivity contribution >= 4 is 39.5 Å². The summed E-state index contributed by atoms with van der Waals surface area (Å²) >= 11 is 0. The van der Waals surface area contributed by atoms with Crippen LogP contribution in [0.4, 0.5) is 0 Å². The molecule has 3 N–H and O–H groups in total. The van der Waals surface area contributed by atoms with Crippen LogP contribution in [0, 0.1) is 0 Å². The number of ether oxygens (including phenoxy) is 4. The highest BCUT2D eigenvalue weighted by molar-refractivity contribution is 7.47. The van der Waals surface area contributed by atoms with Gasteiger partial charge in [-0.15, -0.1) is 0 Å². The molecule has 0 aliphatic rings. The predicted molar refractivity (Wildman–Crippen MR) is 211 cm³/mol. The van der Waals surface area contributed by atoms with Crippen molar-refractivity contribution in [1.82, 2.24) is 0 Å². The van der Waals surface area contributed by atoms with Crippen LogP contribution in [-0.4, -0.2) is 96.7 Å². The first-order valence-corrected chi connectivity index (χ1v) is 23.8. The lowest BCUT2D eigenvalue weighted by molar-refractivity contribution is -0.161. The lowest BCUT2D eigenvalue weighted by Gasteiger charge is -2.21. The number of aliphatic hydroxyl groups excluding tert-OH is 1. The van der Waals surface area contributed by atoms with Crippen molar-refractivity contribution < 1.29 is 80.2 Å². The van der Waals surface area contributed by atoms with Crippen molar-refractivity contribution in [3.63, 3.8) is 0 Å². The molecule has 0 rings (SSSR count). The monoisotopic (exact) mass is 862 g/mol. The molecular formula is C38H72O17P2. The first-order chi connectivity index (χ1) is 27.2. The molecule has 5 atom stereocenters. The third kappa shape index (κ3) is 34.6. The molecule has 336 valence electrons. The van der Waals surface area contributed by atoms with Gasteiger partial charge in [-0.2, -0.15) is 0 Å². The Labute approximate surface area is 339 Å². The Morgan fingerprint density at radius 3 is 1.19 bits per heavy atom. The minimum absolute atomic E-state index is 0.0506. The van der Waals surface area contributed by atoms with Gasteiger partial charge in [0.15, 0.2) is 12.2 Å².